The van der Waals surface area contributed by atoms with Crippen molar-refractivity contribution in [1.82, 2.24) is 23.6 Å². The number of likely N-dealkylation sites (tertiary alicyclic amines) is 1. The van der Waals surface area contributed by atoms with Gasteiger partial charge in [0.2, 0.25) is 15.9 Å². The minimum Gasteiger partial charge on any atom is -0.342 e. The number of likely N-dealkylation sites (N-methyl/N-ethyl adjacent to an activating group) is 1. The topological polar surface area (TPSA) is 97.5 Å². The van der Waals surface area contributed by atoms with E-state index in [9.17, 15) is 18.0 Å². The van der Waals surface area contributed by atoms with Gasteiger partial charge in [-0.3, -0.25) is 9.36 Å². The molecule has 0 unspecified atom stereocenters. The van der Waals surface area contributed by atoms with Crippen LogP contribution >= 0.6 is 0 Å². The first kappa shape index (κ1) is 20.1. The third kappa shape index (κ3) is 4.26. The number of amides is 1. The van der Waals surface area contributed by atoms with Crippen molar-refractivity contribution < 1.29 is 13.2 Å². The van der Waals surface area contributed by atoms with Gasteiger partial charge in [-0.2, -0.15) is 9.40 Å². The van der Waals surface area contributed by atoms with E-state index in [1.165, 1.54) is 11.7 Å². The second kappa shape index (κ2) is 7.75. The maximum Gasteiger partial charge on any atom is 0.345 e. The molecule has 1 saturated carbocycles. The number of carbonyl (C=O) groups excluding carboxylic acids is 1. The van der Waals surface area contributed by atoms with Gasteiger partial charge in [0.05, 0.1) is 12.8 Å². The van der Waals surface area contributed by atoms with Gasteiger partial charge in [0.25, 0.3) is 0 Å². The molecule has 0 radical (unpaired) electrons. The van der Waals surface area contributed by atoms with E-state index in [1.54, 1.807) is 11.9 Å². The molecule has 0 atom stereocenters. The lowest BCUT2D eigenvalue weighted by molar-refractivity contribution is -0.132. The monoisotopic (exact) mass is 399 g/mol. The second-order valence-electron chi connectivity index (χ2n) is 7.75. The average molecular weight is 400 g/mol. The van der Waals surface area contributed by atoms with E-state index < -0.39 is 10.0 Å². The van der Waals surface area contributed by atoms with Gasteiger partial charge in [0.1, 0.15) is 5.82 Å². The number of nitrogens with zero attached hydrogens (tertiary/aromatic N) is 5. The Bertz CT molecular complexity index is 845. The third-order valence-electron chi connectivity index (χ3n) is 5.81. The van der Waals surface area contributed by atoms with Crippen molar-refractivity contribution in [3.63, 3.8) is 0 Å². The molecule has 2 aliphatic rings. The van der Waals surface area contributed by atoms with Crippen molar-refractivity contribution in [3.05, 3.63) is 16.3 Å². The highest BCUT2D eigenvalue weighted by Gasteiger charge is 2.32. The predicted octanol–water partition coefficient (Wildman–Crippen LogP) is 0.294. The minimum atomic E-state index is -3.37. The van der Waals surface area contributed by atoms with Gasteiger partial charge in [-0.05, 0) is 25.7 Å². The summed E-state index contributed by atoms with van der Waals surface area (Å²) in [4.78, 5) is 26.6. The van der Waals surface area contributed by atoms with E-state index in [-0.39, 0.29) is 30.1 Å². The van der Waals surface area contributed by atoms with Crippen LogP contribution < -0.4 is 5.69 Å². The Morgan fingerprint density at radius 3 is 2.33 bits per heavy atom. The molecule has 10 heteroatoms. The molecule has 0 bridgehead atoms. The van der Waals surface area contributed by atoms with Crippen LogP contribution in [-0.4, -0.2) is 70.8 Å². The summed E-state index contributed by atoms with van der Waals surface area (Å²) in [7, 11) is -0.270. The number of hydrogen-bond donors (Lipinski definition) is 0. The third-order valence-corrected chi connectivity index (χ3v) is 7.07. The first-order valence-corrected chi connectivity index (χ1v) is 11.4. The Labute approximate surface area is 160 Å². The Kier molecular flexibility index (Phi) is 5.76. The fourth-order valence-electron chi connectivity index (χ4n) is 4.08. The van der Waals surface area contributed by atoms with Gasteiger partial charge in [-0.1, -0.05) is 12.8 Å². The maximum atomic E-state index is 12.5. The lowest BCUT2D eigenvalue weighted by atomic mass is 9.95. The highest BCUT2D eigenvalue weighted by atomic mass is 32.2. The zero-order chi connectivity index (χ0) is 19.8. The Balaban J connectivity index is 1.67. The SMILES string of the molecule is CN(CC(=O)N1CCC(c2nn(C)c(=O)n2C2CCCC2)CC1)S(C)(=O)=O. The van der Waals surface area contributed by atoms with Gasteiger partial charge in [0, 0.05) is 39.1 Å². The van der Waals surface area contributed by atoms with Crippen molar-refractivity contribution in [2.24, 2.45) is 7.05 Å². The van der Waals surface area contributed by atoms with E-state index in [0.717, 1.165) is 54.9 Å². The highest BCUT2D eigenvalue weighted by Crippen LogP contribution is 2.33. The fraction of sp³-hybridized carbons (Fsp3) is 0.824. The number of carbonyl (C=O) groups is 1. The molecule has 27 heavy (non-hydrogen) atoms. The number of hydrogen-bond acceptors (Lipinski definition) is 5. The number of rotatable bonds is 5. The molecule has 0 aromatic carbocycles. The van der Waals surface area contributed by atoms with E-state index >= 15 is 0 Å². The highest BCUT2D eigenvalue weighted by molar-refractivity contribution is 7.88. The second-order valence-corrected chi connectivity index (χ2v) is 9.84. The van der Waals surface area contributed by atoms with Crippen LogP contribution in [0.5, 0.6) is 0 Å². The van der Waals surface area contributed by atoms with Gasteiger partial charge in [0.15, 0.2) is 0 Å². The quantitative estimate of drug-likeness (QED) is 0.709. The van der Waals surface area contributed by atoms with Crippen LogP contribution in [0.1, 0.15) is 56.3 Å². The summed E-state index contributed by atoms with van der Waals surface area (Å²) in [6.07, 6.45) is 6.89. The summed E-state index contributed by atoms with van der Waals surface area (Å²) in [5, 5.41) is 4.51. The molecule has 0 spiro atoms. The van der Waals surface area contributed by atoms with Crippen LogP contribution in [0.25, 0.3) is 0 Å². The number of aromatic nitrogens is 3. The van der Waals surface area contributed by atoms with Crippen molar-refractivity contribution in [2.45, 2.75) is 50.5 Å². The molecule has 2 fully saturated rings. The largest absolute Gasteiger partial charge is 0.345 e. The number of piperidine rings is 1. The van der Waals surface area contributed by atoms with E-state index in [2.05, 4.69) is 5.10 Å². The zero-order valence-electron chi connectivity index (χ0n) is 16.3. The summed E-state index contributed by atoms with van der Waals surface area (Å²) >= 11 is 0. The molecule has 1 aliphatic heterocycles. The standard InChI is InChI=1S/C17H29N5O4S/c1-19(27(3,25)26)12-15(23)21-10-8-13(9-11-21)16-18-20(2)17(24)22(16)14-6-4-5-7-14/h13-14H,4-12H2,1-3H3. The van der Waals surface area contributed by atoms with Gasteiger partial charge >= 0.3 is 5.69 Å². The van der Waals surface area contributed by atoms with Crippen LogP contribution in [0.4, 0.5) is 0 Å². The number of aryl methyl sites for hydroxylation is 1. The molecule has 3 rings (SSSR count). The Morgan fingerprint density at radius 1 is 1.19 bits per heavy atom. The summed E-state index contributed by atoms with van der Waals surface area (Å²) in [5.74, 6) is 0.807. The first-order chi connectivity index (χ1) is 12.7. The Hall–Kier alpha value is -1.68. The molecule has 1 aromatic rings. The lowest BCUT2D eigenvalue weighted by Gasteiger charge is -2.32. The fourth-order valence-corrected chi connectivity index (χ4v) is 4.42. The summed E-state index contributed by atoms with van der Waals surface area (Å²) in [5.41, 5.74) is -0.0508. The molecule has 1 saturated heterocycles. The summed E-state index contributed by atoms with van der Waals surface area (Å²) in [6, 6.07) is 0.240. The van der Waals surface area contributed by atoms with E-state index in [4.69, 9.17) is 0 Å². The maximum absolute atomic E-state index is 12.5. The normalized spacial score (nSPS) is 19.9. The van der Waals surface area contributed by atoms with Crippen LogP contribution in [-0.2, 0) is 21.9 Å². The Morgan fingerprint density at radius 2 is 1.78 bits per heavy atom. The van der Waals surface area contributed by atoms with Crippen LogP contribution in [0.3, 0.4) is 0 Å². The summed E-state index contributed by atoms with van der Waals surface area (Å²) < 4.78 is 27.4. The molecule has 1 amide bonds. The first-order valence-electron chi connectivity index (χ1n) is 9.53. The van der Waals surface area contributed by atoms with Crippen molar-refractivity contribution in [3.8, 4) is 0 Å². The zero-order valence-corrected chi connectivity index (χ0v) is 17.1. The molecule has 2 heterocycles. The van der Waals surface area contributed by atoms with E-state index in [0.29, 0.717) is 13.1 Å². The molecule has 1 aromatic heterocycles. The molecule has 152 valence electrons. The lowest BCUT2D eigenvalue weighted by Crippen LogP contribution is -2.44. The molecule has 9 nitrogen and oxygen atoms in total. The molecule has 0 N–H and O–H groups in total. The summed E-state index contributed by atoms with van der Waals surface area (Å²) in [6.45, 7) is 0.965. The smallest absolute Gasteiger partial charge is 0.342 e. The van der Waals surface area contributed by atoms with Gasteiger partial charge in [-0.25, -0.2) is 17.9 Å². The molecular formula is C17H29N5O4S. The molecular weight excluding hydrogens is 370 g/mol. The van der Waals surface area contributed by atoms with Crippen molar-refractivity contribution in [1.29, 1.82) is 0 Å². The predicted molar refractivity (Wildman–Crippen MR) is 101 cm³/mol. The van der Waals surface area contributed by atoms with Gasteiger partial charge in [-0.15, -0.1) is 0 Å². The van der Waals surface area contributed by atoms with E-state index in [1.807, 2.05) is 4.57 Å². The van der Waals surface area contributed by atoms with Crippen molar-refractivity contribution in [2.75, 3.05) is 32.9 Å². The molecule has 1 aliphatic carbocycles. The van der Waals surface area contributed by atoms with Crippen LogP contribution in [0, 0.1) is 0 Å². The average Bonchev–Trinajstić information content (AvgIpc) is 3.23. The van der Waals surface area contributed by atoms with Crippen LogP contribution in [0.15, 0.2) is 4.79 Å². The van der Waals surface area contributed by atoms with Gasteiger partial charge < -0.3 is 4.90 Å². The number of sulfonamides is 1. The van der Waals surface area contributed by atoms with Crippen LogP contribution in [0.2, 0.25) is 0 Å². The van der Waals surface area contributed by atoms with Crippen molar-refractivity contribution >= 4 is 15.9 Å². The minimum absolute atomic E-state index is 0.0508.